The van der Waals surface area contributed by atoms with Crippen molar-refractivity contribution in [3.8, 4) is 17.3 Å². The van der Waals surface area contributed by atoms with Crippen LogP contribution in [0, 0.1) is 6.92 Å². The fraction of sp³-hybridized carbons (Fsp3) is 0.381. The molecular formula is C21H29IN6O2. The van der Waals surface area contributed by atoms with Crippen LogP contribution in [0.1, 0.15) is 25.2 Å². The molecule has 2 aromatic heterocycles. The second-order valence-electron chi connectivity index (χ2n) is 6.72. The van der Waals surface area contributed by atoms with Crippen LogP contribution in [0.4, 0.5) is 0 Å². The molecule has 0 fully saturated rings. The van der Waals surface area contributed by atoms with E-state index in [-0.39, 0.29) is 30.1 Å². The number of halogens is 1. The Balaban J connectivity index is 0.00000320. The van der Waals surface area contributed by atoms with E-state index in [1.165, 1.54) is 5.56 Å². The van der Waals surface area contributed by atoms with E-state index < -0.39 is 0 Å². The maximum absolute atomic E-state index is 5.94. The predicted octanol–water partition coefficient (Wildman–Crippen LogP) is 3.56. The first kappa shape index (κ1) is 23.7. The standard InChI is InChI=1S/C21H28N6O2.HI/c1-4-22-21(24-14-16(3)29-17-8-5-7-15(2)13-17)23-11-10-19-25-20(27-26-19)18-9-6-12-28-18;/h5-9,12-13,16H,4,10-11,14H2,1-3H3,(H2,22,23,24)(H,25,26,27);1H. The summed E-state index contributed by atoms with van der Waals surface area (Å²) in [7, 11) is 0. The smallest absolute Gasteiger partial charge is 0.216 e. The SMILES string of the molecule is CCNC(=NCC(C)Oc1cccc(C)c1)NCCc1nc(-c2ccco2)n[nH]1.I. The number of H-pyrrole nitrogens is 1. The van der Waals surface area contributed by atoms with E-state index in [0.29, 0.717) is 31.1 Å². The van der Waals surface area contributed by atoms with Gasteiger partial charge in [-0.3, -0.25) is 5.10 Å². The fourth-order valence-corrected chi connectivity index (χ4v) is 2.74. The Hall–Kier alpha value is -2.56. The zero-order valence-corrected chi connectivity index (χ0v) is 19.8. The van der Waals surface area contributed by atoms with E-state index in [9.17, 15) is 0 Å². The fourth-order valence-electron chi connectivity index (χ4n) is 2.74. The molecule has 0 radical (unpaired) electrons. The molecule has 2 heterocycles. The van der Waals surface area contributed by atoms with Crippen molar-refractivity contribution in [2.24, 2.45) is 4.99 Å². The van der Waals surface area contributed by atoms with Crippen molar-refractivity contribution in [2.75, 3.05) is 19.6 Å². The lowest BCUT2D eigenvalue weighted by molar-refractivity contribution is 0.230. The van der Waals surface area contributed by atoms with Gasteiger partial charge in [-0.05, 0) is 50.6 Å². The third kappa shape index (κ3) is 7.36. The molecule has 9 heteroatoms. The first-order valence-electron chi connectivity index (χ1n) is 9.84. The Morgan fingerprint density at radius 1 is 1.27 bits per heavy atom. The number of hydrogen-bond acceptors (Lipinski definition) is 5. The van der Waals surface area contributed by atoms with Crippen LogP contribution in [-0.2, 0) is 6.42 Å². The zero-order valence-electron chi connectivity index (χ0n) is 17.5. The molecule has 1 unspecified atom stereocenters. The molecule has 3 N–H and O–H groups in total. The number of ether oxygens (including phenoxy) is 1. The summed E-state index contributed by atoms with van der Waals surface area (Å²) in [5, 5.41) is 13.7. The van der Waals surface area contributed by atoms with Crippen LogP contribution in [0.3, 0.4) is 0 Å². The van der Waals surface area contributed by atoms with Gasteiger partial charge in [-0.1, -0.05) is 12.1 Å². The summed E-state index contributed by atoms with van der Waals surface area (Å²) < 4.78 is 11.3. The average molecular weight is 524 g/mol. The highest BCUT2D eigenvalue weighted by atomic mass is 127. The molecule has 30 heavy (non-hydrogen) atoms. The highest BCUT2D eigenvalue weighted by Crippen LogP contribution is 2.15. The summed E-state index contributed by atoms with van der Waals surface area (Å²) in [4.78, 5) is 9.06. The van der Waals surface area contributed by atoms with Gasteiger partial charge in [0.25, 0.3) is 0 Å². The molecule has 0 bridgehead atoms. The Bertz CT molecular complexity index is 910. The highest BCUT2D eigenvalue weighted by molar-refractivity contribution is 14.0. The Kier molecular flexibility index (Phi) is 9.65. The third-order valence-electron chi connectivity index (χ3n) is 4.11. The molecule has 3 aromatic rings. The molecule has 1 aromatic carbocycles. The summed E-state index contributed by atoms with van der Waals surface area (Å²) in [6, 6.07) is 11.7. The van der Waals surface area contributed by atoms with Crippen LogP contribution < -0.4 is 15.4 Å². The van der Waals surface area contributed by atoms with Crippen molar-refractivity contribution < 1.29 is 9.15 Å². The van der Waals surface area contributed by atoms with Gasteiger partial charge < -0.3 is 19.8 Å². The van der Waals surface area contributed by atoms with E-state index in [2.05, 4.69) is 43.8 Å². The minimum atomic E-state index is -0.0302. The molecular weight excluding hydrogens is 495 g/mol. The van der Waals surface area contributed by atoms with Crippen molar-refractivity contribution in [1.82, 2.24) is 25.8 Å². The minimum Gasteiger partial charge on any atom is -0.489 e. The minimum absolute atomic E-state index is 0. The van der Waals surface area contributed by atoms with Gasteiger partial charge in [0.2, 0.25) is 5.82 Å². The number of furan rings is 1. The normalized spacial score (nSPS) is 12.2. The number of rotatable bonds is 9. The van der Waals surface area contributed by atoms with Crippen molar-refractivity contribution in [3.05, 3.63) is 54.0 Å². The topological polar surface area (TPSA) is 100 Å². The number of benzene rings is 1. The lowest BCUT2D eigenvalue weighted by atomic mass is 10.2. The van der Waals surface area contributed by atoms with Crippen LogP contribution >= 0.6 is 24.0 Å². The summed E-state index contributed by atoms with van der Waals surface area (Å²) in [5.74, 6) is 3.61. The van der Waals surface area contributed by atoms with Gasteiger partial charge in [-0.2, -0.15) is 5.10 Å². The van der Waals surface area contributed by atoms with Gasteiger partial charge in [-0.15, -0.1) is 24.0 Å². The van der Waals surface area contributed by atoms with Crippen molar-refractivity contribution in [1.29, 1.82) is 0 Å². The second-order valence-corrected chi connectivity index (χ2v) is 6.72. The van der Waals surface area contributed by atoms with Crippen molar-refractivity contribution >= 4 is 29.9 Å². The van der Waals surface area contributed by atoms with Crippen LogP contribution in [0.15, 0.2) is 52.1 Å². The van der Waals surface area contributed by atoms with Crippen LogP contribution in [0.2, 0.25) is 0 Å². The second kappa shape index (κ2) is 12.2. The number of hydrogen-bond donors (Lipinski definition) is 3. The van der Waals surface area contributed by atoms with Gasteiger partial charge in [-0.25, -0.2) is 9.98 Å². The number of aromatic amines is 1. The molecule has 0 spiro atoms. The van der Waals surface area contributed by atoms with Gasteiger partial charge in [0.05, 0.1) is 12.8 Å². The monoisotopic (exact) mass is 524 g/mol. The Labute approximate surface area is 193 Å². The number of nitrogens with one attached hydrogen (secondary N) is 3. The van der Waals surface area contributed by atoms with Gasteiger partial charge in [0, 0.05) is 19.5 Å². The molecule has 3 rings (SSSR count). The van der Waals surface area contributed by atoms with E-state index in [1.54, 1.807) is 6.26 Å². The molecule has 0 saturated heterocycles. The largest absolute Gasteiger partial charge is 0.489 e. The molecule has 0 saturated carbocycles. The molecule has 1 atom stereocenters. The maximum Gasteiger partial charge on any atom is 0.216 e. The van der Waals surface area contributed by atoms with E-state index in [4.69, 9.17) is 9.15 Å². The number of guanidine groups is 1. The number of aromatic nitrogens is 3. The van der Waals surface area contributed by atoms with Crippen molar-refractivity contribution in [2.45, 2.75) is 33.3 Å². The predicted molar refractivity (Wildman–Crippen MR) is 128 cm³/mol. The summed E-state index contributed by atoms with van der Waals surface area (Å²) >= 11 is 0. The lowest BCUT2D eigenvalue weighted by Crippen LogP contribution is -2.39. The number of nitrogens with zero attached hydrogens (tertiary/aromatic N) is 3. The first-order valence-corrected chi connectivity index (χ1v) is 9.84. The van der Waals surface area contributed by atoms with Gasteiger partial charge in [0.15, 0.2) is 11.7 Å². The molecule has 0 aliphatic carbocycles. The quantitative estimate of drug-likeness (QED) is 0.225. The van der Waals surface area contributed by atoms with Gasteiger partial charge in [0.1, 0.15) is 17.7 Å². The van der Waals surface area contributed by atoms with E-state index >= 15 is 0 Å². The van der Waals surface area contributed by atoms with Crippen LogP contribution in [-0.4, -0.2) is 46.9 Å². The summed E-state index contributed by atoms with van der Waals surface area (Å²) in [6.45, 7) is 8.11. The zero-order chi connectivity index (χ0) is 20.5. The third-order valence-corrected chi connectivity index (χ3v) is 4.11. The summed E-state index contributed by atoms with van der Waals surface area (Å²) in [6.07, 6.45) is 2.26. The first-order chi connectivity index (χ1) is 14.1. The molecule has 0 amide bonds. The van der Waals surface area contributed by atoms with Crippen molar-refractivity contribution in [3.63, 3.8) is 0 Å². The van der Waals surface area contributed by atoms with E-state index in [0.717, 1.165) is 24.1 Å². The Morgan fingerprint density at radius 3 is 2.87 bits per heavy atom. The molecule has 0 aliphatic heterocycles. The highest BCUT2D eigenvalue weighted by Gasteiger charge is 2.09. The number of aryl methyl sites for hydroxylation is 1. The molecule has 162 valence electrons. The van der Waals surface area contributed by atoms with E-state index in [1.807, 2.05) is 44.2 Å². The Morgan fingerprint density at radius 2 is 2.13 bits per heavy atom. The summed E-state index contributed by atoms with van der Waals surface area (Å²) in [5.41, 5.74) is 1.18. The maximum atomic E-state index is 5.94. The van der Waals surface area contributed by atoms with Gasteiger partial charge >= 0.3 is 0 Å². The molecule has 0 aliphatic rings. The van der Waals surface area contributed by atoms with Crippen LogP contribution in [0.25, 0.3) is 11.6 Å². The molecule has 8 nitrogen and oxygen atoms in total. The average Bonchev–Trinajstić information content (AvgIpc) is 3.38. The number of aliphatic imine (C=N–C) groups is 1. The van der Waals surface area contributed by atoms with Crippen LogP contribution in [0.5, 0.6) is 5.75 Å². The lowest BCUT2D eigenvalue weighted by Gasteiger charge is -2.15.